The highest BCUT2D eigenvalue weighted by Crippen LogP contribution is 2.13. The van der Waals surface area contributed by atoms with Crippen LogP contribution >= 0.6 is 0 Å². The number of carbonyl (C=O) groups is 1. The topological polar surface area (TPSA) is 41.1 Å². The molecule has 0 spiro atoms. The van der Waals surface area contributed by atoms with Crippen molar-refractivity contribution in [3.05, 3.63) is 35.4 Å². The molecule has 0 aliphatic rings. The first-order chi connectivity index (χ1) is 8.52. The van der Waals surface area contributed by atoms with Gasteiger partial charge in [-0.25, -0.2) is 0 Å². The van der Waals surface area contributed by atoms with Gasteiger partial charge in [-0.3, -0.25) is 4.79 Å². The van der Waals surface area contributed by atoms with Crippen LogP contribution in [0.25, 0.3) is 0 Å². The van der Waals surface area contributed by atoms with Crippen molar-refractivity contribution in [1.29, 1.82) is 0 Å². The van der Waals surface area contributed by atoms with Crippen molar-refractivity contribution < 1.29 is 4.79 Å². The van der Waals surface area contributed by atoms with Gasteiger partial charge in [0.1, 0.15) is 0 Å². The Kier molecular flexibility index (Phi) is 5.86. The van der Waals surface area contributed by atoms with Crippen molar-refractivity contribution >= 4 is 5.91 Å². The Morgan fingerprint density at radius 3 is 2.39 bits per heavy atom. The van der Waals surface area contributed by atoms with E-state index in [0.29, 0.717) is 6.42 Å². The molecule has 3 heteroatoms. The van der Waals surface area contributed by atoms with Crippen molar-refractivity contribution in [3.63, 3.8) is 0 Å². The molecule has 1 unspecified atom stereocenters. The highest BCUT2D eigenvalue weighted by Gasteiger charge is 2.11. The number of rotatable bonds is 6. The fourth-order valence-electron chi connectivity index (χ4n) is 1.94. The molecule has 1 aromatic carbocycles. The minimum atomic E-state index is 0.0620. The number of nitrogens with one attached hydrogen (secondary N) is 2. The summed E-state index contributed by atoms with van der Waals surface area (Å²) in [5, 5.41) is 6.26. The zero-order chi connectivity index (χ0) is 13.5. The van der Waals surface area contributed by atoms with Gasteiger partial charge in [-0.1, -0.05) is 36.8 Å². The maximum Gasteiger partial charge on any atom is 0.222 e. The minimum absolute atomic E-state index is 0.0620. The van der Waals surface area contributed by atoms with Crippen molar-refractivity contribution in [2.75, 3.05) is 6.54 Å². The maximum absolute atomic E-state index is 11.8. The molecule has 0 aromatic heterocycles. The summed E-state index contributed by atoms with van der Waals surface area (Å²) < 4.78 is 0. The molecule has 1 rings (SSSR count). The summed E-state index contributed by atoms with van der Waals surface area (Å²) in [6.45, 7) is 9.04. The molecular formula is C15H24N2O. The normalized spacial score (nSPS) is 14.0. The average Bonchev–Trinajstić information content (AvgIpc) is 2.29. The lowest BCUT2D eigenvalue weighted by molar-refractivity contribution is -0.122. The fraction of sp³-hybridized carbons (Fsp3) is 0.533. The Balaban J connectivity index is 2.46. The van der Waals surface area contributed by atoms with Crippen molar-refractivity contribution in [3.8, 4) is 0 Å². The van der Waals surface area contributed by atoms with Gasteiger partial charge in [0.25, 0.3) is 0 Å². The van der Waals surface area contributed by atoms with Gasteiger partial charge < -0.3 is 10.6 Å². The predicted molar refractivity (Wildman–Crippen MR) is 75.5 cm³/mol. The summed E-state index contributed by atoms with van der Waals surface area (Å²) in [5.74, 6) is 0.0940. The van der Waals surface area contributed by atoms with Crippen LogP contribution < -0.4 is 10.6 Å². The van der Waals surface area contributed by atoms with E-state index < -0.39 is 0 Å². The predicted octanol–water partition coefficient (Wildman–Crippen LogP) is 2.56. The Hall–Kier alpha value is -1.35. The standard InChI is InChI=1S/C15H24N2O/c1-5-16-12(3)10-15(18)17-13(4)14-8-6-11(2)7-9-14/h6-9,12-13,16H,5,10H2,1-4H3,(H,17,18)/t12?,13-/m1/s1. The molecule has 0 bridgehead atoms. The minimum Gasteiger partial charge on any atom is -0.350 e. The monoisotopic (exact) mass is 248 g/mol. The second-order valence-electron chi connectivity index (χ2n) is 4.86. The van der Waals surface area contributed by atoms with E-state index in [1.54, 1.807) is 0 Å². The first kappa shape index (κ1) is 14.7. The van der Waals surface area contributed by atoms with Crippen molar-refractivity contribution in [2.24, 2.45) is 0 Å². The molecule has 2 atom stereocenters. The molecule has 100 valence electrons. The first-order valence-corrected chi connectivity index (χ1v) is 6.62. The van der Waals surface area contributed by atoms with Gasteiger partial charge in [0.05, 0.1) is 6.04 Å². The lowest BCUT2D eigenvalue weighted by Gasteiger charge is -2.17. The second kappa shape index (κ2) is 7.17. The summed E-state index contributed by atoms with van der Waals surface area (Å²) >= 11 is 0. The molecule has 3 nitrogen and oxygen atoms in total. The molecule has 1 amide bonds. The van der Waals surface area contributed by atoms with Crippen LogP contribution in [0.3, 0.4) is 0 Å². The Labute approximate surface area is 110 Å². The van der Waals surface area contributed by atoms with Crippen LogP contribution in [0.15, 0.2) is 24.3 Å². The Bertz CT molecular complexity index is 373. The van der Waals surface area contributed by atoms with Crippen LogP contribution in [0, 0.1) is 6.92 Å². The van der Waals surface area contributed by atoms with Crippen molar-refractivity contribution in [2.45, 2.75) is 46.2 Å². The highest BCUT2D eigenvalue weighted by molar-refractivity contribution is 5.77. The fourth-order valence-corrected chi connectivity index (χ4v) is 1.94. The number of carbonyl (C=O) groups excluding carboxylic acids is 1. The largest absolute Gasteiger partial charge is 0.350 e. The Morgan fingerprint density at radius 1 is 1.22 bits per heavy atom. The zero-order valence-corrected chi connectivity index (χ0v) is 11.8. The lowest BCUT2D eigenvalue weighted by Crippen LogP contribution is -2.34. The zero-order valence-electron chi connectivity index (χ0n) is 11.8. The quantitative estimate of drug-likeness (QED) is 0.812. The van der Waals surface area contributed by atoms with Crippen LogP contribution in [0.2, 0.25) is 0 Å². The van der Waals surface area contributed by atoms with E-state index in [2.05, 4.69) is 41.8 Å². The number of amides is 1. The van der Waals surface area contributed by atoms with Gasteiger partial charge in [0.2, 0.25) is 5.91 Å². The Morgan fingerprint density at radius 2 is 1.83 bits per heavy atom. The number of hydrogen-bond acceptors (Lipinski definition) is 2. The first-order valence-electron chi connectivity index (χ1n) is 6.62. The van der Waals surface area contributed by atoms with Gasteiger partial charge in [-0.05, 0) is 32.9 Å². The number of benzene rings is 1. The third-order valence-corrected chi connectivity index (χ3v) is 3.00. The lowest BCUT2D eigenvalue weighted by atomic mass is 10.1. The van der Waals surface area contributed by atoms with Crippen LogP contribution in [-0.2, 0) is 4.79 Å². The molecule has 0 saturated carbocycles. The van der Waals surface area contributed by atoms with Crippen LogP contribution in [0.1, 0.15) is 44.4 Å². The number of aryl methyl sites for hydroxylation is 1. The molecule has 0 fully saturated rings. The van der Waals surface area contributed by atoms with Gasteiger partial charge in [0.15, 0.2) is 0 Å². The van der Waals surface area contributed by atoms with E-state index in [1.807, 2.05) is 20.8 Å². The molecule has 0 aliphatic carbocycles. The molecule has 0 aliphatic heterocycles. The van der Waals surface area contributed by atoms with Crippen LogP contribution in [0.5, 0.6) is 0 Å². The third-order valence-electron chi connectivity index (χ3n) is 3.00. The summed E-state index contributed by atoms with van der Waals surface area (Å²) in [5.41, 5.74) is 2.38. The summed E-state index contributed by atoms with van der Waals surface area (Å²) in [6, 6.07) is 8.55. The third kappa shape index (κ3) is 4.88. The molecule has 2 N–H and O–H groups in total. The SMILES string of the molecule is CCNC(C)CC(=O)N[C@H](C)c1ccc(C)cc1. The molecule has 1 aromatic rings. The van der Waals surface area contributed by atoms with E-state index in [0.717, 1.165) is 12.1 Å². The molecule has 0 saturated heterocycles. The molecule has 18 heavy (non-hydrogen) atoms. The smallest absolute Gasteiger partial charge is 0.222 e. The molecule has 0 radical (unpaired) electrons. The molecule has 0 heterocycles. The summed E-state index contributed by atoms with van der Waals surface area (Å²) in [6.07, 6.45) is 0.518. The van der Waals surface area contributed by atoms with Gasteiger partial charge >= 0.3 is 0 Å². The maximum atomic E-state index is 11.8. The second-order valence-corrected chi connectivity index (χ2v) is 4.86. The van der Waals surface area contributed by atoms with E-state index in [1.165, 1.54) is 5.56 Å². The highest BCUT2D eigenvalue weighted by atomic mass is 16.1. The van der Waals surface area contributed by atoms with Gasteiger partial charge in [0, 0.05) is 12.5 Å². The summed E-state index contributed by atoms with van der Waals surface area (Å²) in [4.78, 5) is 11.8. The average molecular weight is 248 g/mol. The number of hydrogen-bond donors (Lipinski definition) is 2. The van der Waals surface area contributed by atoms with E-state index in [9.17, 15) is 4.79 Å². The van der Waals surface area contributed by atoms with E-state index in [-0.39, 0.29) is 18.0 Å². The van der Waals surface area contributed by atoms with Crippen LogP contribution in [0.4, 0.5) is 0 Å². The van der Waals surface area contributed by atoms with Crippen molar-refractivity contribution in [1.82, 2.24) is 10.6 Å². The van der Waals surface area contributed by atoms with E-state index >= 15 is 0 Å². The van der Waals surface area contributed by atoms with Crippen LogP contribution in [-0.4, -0.2) is 18.5 Å². The summed E-state index contributed by atoms with van der Waals surface area (Å²) in [7, 11) is 0. The molecular weight excluding hydrogens is 224 g/mol. The van der Waals surface area contributed by atoms with E-state index in [4.69, 9.17) is 0 Å². The van der Waals surface area contributed by atoms with Gasteiger partial charge in [-0.15, -0.1) is 0 Å². The van der Waals surface area contributed by atoms with Gasteiger partial charge in [-0.2, -0.15) is 0 Å².